The van der Waals surface area contributed by atoms with E-state index in [2.05, 4.69) is 20.6 Å². The fraction of sp³-hybridized carbons (Fsp3) is 0.208. The number of benzene rings is 2. The molecule has 1 amide bonds. The predicted molar refractivity (Wildman–Crippen MR) is 132 cm³/mol. The quantitative estimate of drug-likeness (QED) is 0.300. The monoisotopic (exact) mass is 502 g/mol. The van der Waals surface area contributed by atoms with Crippen LogP contribution in [0.3, 0.4) is 0 Å². The Morgan fingerprint density at radius 1 is 1.11 bits per heavy atom. The summed E-state index contributed by atoms with van der Waals surface area (Å²) >= 11 is 0. The lowest BCUT2D eigenvalue weighted by atomic mass is 10.1. The van der Waals surface area contributed by atoms with Gasteiger partial charge >= 0.3 is 0 Å². The summed E-state index contributed by atoms with van der Waals surface area (Å²) in [4.78, 5) is 21.2. The second-order valence-electron chi connectivity index (χ2n) is 7.55. The molecular weight excluding hydrogens is 478 g/mol. The molecule has 0 aliphatic rings. The lowest BCUT2D eigenvalue weighted by Crippen LogP contribution is -2.28. The van der Waals surface area contributed by atoms with Gasteiger partial charge in [-0.05, 0) is 48.9 Å². The van der Waals surface area contributed by atoms with Gasteiger partial charge in [0.25, 0.3) is 5.91 Å². The summed E-state index contributed by atoms with van der Waals surface area (Å²) < 4.78 is 34.0. The minimum absolute atomic E-state index is 0. The van der Waals surface area contributed by atoms with Crippen molar-refractivity contribution in [1.82, 2.24) is 19.7 Å². The number of nitrogens with zero attached hydrogens (tertiary/aromatic N) is 3. The van der Waals surface area contributed by atoms with Crippen LogP contribution in [0.25, 0.3) is 16.9 Å². The zero-order valence-corrected chi connectivity index (χ0v) is 19.7. The number of halogens is 3. The van der Waals surface area contributed by atoms with Crippen LogP contribution in [-0.4, -0.2) is 46.6 Å². The lowest BCUT2D eigenvalue weighted by molar-refractivity contribution is 0.0919. The van der Waals surface area contributed by atoms with Crippen LogP contribution in [0.5, 0.6) is 0 Å². The maximum atomic E-state index is 13.7. The minimum Gasteiger partial charge on any atom is -0.378 e. The second-order valence-corrected chi connectivity index (χ2v) is 7.55. The van der Waals surface area contributed by atoms with Crippen LogP contribution in [0.4, 0.5) is 20.3 Å². The number of amides is 1. The third-order valence-corrected chi connectivity index (χ3v) is 5.17. The molecule has 2 heterocycles. The largest absolute Gasteiger partial charge is 0.378 e. The molecule has 4 aromatic rings. The highest BCUT2D eigenvalue weighted by Gasteiger charge is 2.14. The van der Waals surface area contributed by atoms with E-state index < -0.39 is 11.6 Å². The predicted octanol–water partition coefficient (Wildman–Crippen LogP) is 3.85. The Morgan fingerprint density at radius 2 is 1.94 bits per heavy atom. The van der Waals surface area contributed by atoms with Gasteiger partial charge in [-0.25, -0.2) is 18.7 Å². The molecule has 2 aromatic heterocycles. The molecule has 0 bridgehead atoms. The average Bonchev–Trinajstić information content (AvgIpc) is 3.26. The molecule has 4 N–H and O–H groups in total. The van der Waals surface area contributed by atoms with Crippen LogP contribution < -0.4 is 16.4 Å². The van der Waals surface area contributed by atoms with E-state index in [1.807, 2.05) is 13.0 Å². The molecule has 0 fully saturated rings. The first-order chi connectivity index (χ1) is 16.5. The Labute approximate surface area is 206 Å². The summed E-state index contributed by atoms with van der Waals surface area (Å²) in [6.07, 6.45) is 4.85. The first-order valence-electron chi connectivity index (χ1n) is 10.7. The molecule has 8 nitrogen and oxygen atoms in total. The molecule has 0 aliphatic heterocycles. The first-order valence-corrected chi connectivity index (χ1v) is 10.7. The van der Waals surface area contributed by atoms with Gasteiger partial charge in [-0.3, -0.25) is 9.20 Å². The standard InChI is InChI=1S/C24H24F2N6O2.ClH/c1-15-12-17(3-4-18(15)24(33)29-8-11-34-10-6-27)31-22-23-30-14-21(32(23)9-7-28-22)16-2-5-19(25)20(26)13-16;/h2-5,7,9,12-14H,6,8,10-11,27H2,1H3,(H,28,31)(H,29,33);1H. The topological polar surface area (TPSA) is 107 Å². The van der Waals surface area contributed by atoms with Crippen molar-refractivity contribution in [2.45, 2.75) is 6.92 Å². The number of carbonyl (C=O) groups is 1. The van der Waals surface area contributed by atoms with Crippen molar-refractivity contribution in [1.29, 1.82) is 0 Å². The third-order valence-electron chi connectivity index (χ3n) is 5.17. The highest BCUT2D eigenvalue weighted by molar-refractivity contribution is 5.96. The van der Waals surface area contributed by atoms with Crippen LogP contribution in [0.15, 0.2) is 55.0 Å². The summed E-state index contributed by atoms with van der Waals surface area (Å²) in [7, 11) is 0. The molecule has 11 heteroatoms. The zero-order valence-electron chi connectivity index (χ0n) is 18.9. The van der Waals surface area contributed by atoms with Gasteiger partial charge in [-0.2, -0.15) is 0 Å². The number of hydrogen-bond donors (Lipinski definition) is 3. The van der Waals surface area contributed by atoms with Crippen molar-refractivity contribution in [3.05, 3.63) is 77.8 Å². The summed E-state index contributed by atoms with van der Waals surface area (Å²) in [6.45, 7) is 3.53. The molecule has 4 rings (SSSR count). The molecule has 0 atom stereocenters. The Kier molecular flexibility index (Phi) is 8.69. The molecule has 0 spiro atoms. The SMILES string of the molecule is Cc1cc(Nc2nccn3c(-c4ccc(F)c(F)c4)cnc23)ccc1C(=O)NCCOCCN.Cl. The molecular formula is C24H25ClF2N6O2. The van der Waals surface area contributed by atoms with E-state index >= 15 is 0 Å². The molecule has 35 heavy (non-hydrogen) atoms. The normalized spacial score (nSPS) is 10.7. The number of anilines is 2. The molecule has 0 aliphatic carbocycles. The Hall–Kier alpha value is -3.60. The van der Waals surface area contributed by atoms with E-state index in [-0.39, 0.29) is 18.3 Å². The number of nitrogens with two attached hydrogens (primary N) is 1. The molecule has 0 radical (unpaired) electrons. The van der Waals surface area contributed by atoms with Crippen molar-refractivity contribution < 1.29 is 18.3 Å². The van der Waals surface area contributed by atoms with Gasteiger partial charge in [0.2, 0.25) is 0 Å². The van der Waals surface area contributed by atoms with E-state index in [9.17, 15) is 13.6 Å². The van der Waals surface area contributed by atoms with Crippen LogP contribution in [0.2, 0.25) is 0 Å². The van der Waals surface area contributed by atoms with E-state index in [0.29, 0.717) is 54.6 Å². The summed E-state index contributed by atoms with van der Waals surface area (Å²) in [5.74, 6) is -1.55. The van der Waals surface area contributed by atoms with Crippen molar-refractivity contribution in [2.24, 2.45) is 5.73 Å². The van der Waals surface area contributed by atoms with Crippen LogP contribution >= 0.6 is 12.4 Å². The van der Waals surface area contributed by atoms with Crippen molar-refractivity contribution in [2.75, 3.05) is 31.6 Å². The first kappa shape index (κ1) is 26.0. The molecule has 2 aromatic carbocycles. The highest BCUT2D eigenvalue weighted by atomic mass is 35.5. The molecule has 184 valence electrons. The number of aryl methyl sites for hydroxylation is 1. The van der Waals surface area contributed by atoms with Crippen LogP contribution in [-0.2, 0) is 4.74 Å². The smallest absolute Gasteiger partial charge is 0.251 e. The summed E-state index contributed by atoms with van der Waals surface area (Å²) in [5, 5.41) is 6.03. The number of imidazole rings is 1. The van der Waals surface area contributed by atoms with E-state index in [0.717, 1.165) is 23.4 Å². The number of carbonyl (C=O) groups excluding carboxylic acids is 1. The number of hydrogen-bond acceptors (Lipinski definition) is 6. The zero-order chi connectivity index (χ0) is 24.1. The maximum Gasteiger partial charge on any atom is 0.251 e. The van der Waals surface area contributed by atoms with Gasteiger partial charge in [0.15, 0.2) is 23.1 Å². The minimum atomic E-state index is -0.928. The molecule has 0 unspecified atom stereocenters. The van der Waals surface area contributed by atoms with E-state index in [4.69, 9.17) is 10.5 Å². The van der Waals surface area contributed by atoms with Gasteiger partial charge in [0.1, 0.15) is 0 Å². The van der Waals surface area contributed by atoms with Gasteiger partial charge in [0.05, 0.1) is 25.1 Å². The van der Waals surface area contributed by atoms with Crippen LogP contribution in [0.1, 0.15) is 15.9 Å². The number of fused-ring (bicyclic) bond motifs is 1. The highest BCUT2D eigenvalue weighted by Crippen LogP contribution is 2.27. The summed E-state index contributed by atoms with van der Waals surface area (Å²) in [5.41, 5.74) is 9.02. The van der Waals surface area contributed by atoms with Crippen molar-refractivity contribution >= 4 is 35.5 Å². The number of rotatable bonds is 9. The van der Waals surface area contributed by atoms with E-state index in [1.54, 1.807) is 35.1 Å². The fourth-order valence-electron chi connectivity index (χ4n) is 3.53. The lowest BCUT2D eigenvalue weighted by Gasteiger charge is -2.12. The van der Waals surface area contributed by atoms with E-state index in [1.165, 1.54) is 6.07 Å². The molecule has 0 saturated heterocycles. The van der Waals surface area contributed by atoms with Gasteiger partial charge in [-0.15, -0.1) is 12.4 Å². The number of aromatic nitrogens is 3. The van der Waals surface area contributed by atoms with Gasteiger partial charge < -0.3 is 21.1 Å². The van der Waals surface area contributed by atoms with Gasteiger partial charge in [-0.1, -0.05) is 0 Å². The maximum absolute atomic E-state index is 13.7. The number of ether oxygens (including phenoxy) is 1. The molecule has 0 saturated carbocycles. The van der Waals surface area contributed by atoms with Crippen molar-refractivity contribution in [3.8, 4) is 11.3 Å². The Bertz CT molecular complexity index is 1330. The summed E-state index contributed by atoms with van der Waals surface area (Å²) in [6, 6.07) is 9.04. The van der Waals surface area contributed by atoms with Crippen LogP contribution in [0, 0.1) is 18.6 Å². The fourth-order valence-corrected chi connectivity index (χ4v) is 3.53. The van der Waals surface area contributed by atoms with Gasteiger partial charge in [0, 0.05) is 42.3 Å². The Morgan fingerprint density at radius 3 is 2.69 bits per heavy atom. The number of nitrogens with one attached hydrogen (secondary N) is 2. The second kappa shape index (κ2) is 11.7. The average molecular weight is 503 g/mol. The van der Waals surface area contributed by atoms with Crippen molar-refractivity contribution in [3.63, 3.8) is 0 Å². The third kappa shape index (κ3) is 5.91. The Balaban J connectivity index is 0.00000342.